The quantitative estimate of drug-likeness (QED) is 0.866. The van der Waals surface area contributed by atoms with E-state index in [1.165, 1.54) is 0 Å². The maximum Gasteiger partial charge on any atom is 0.144 e. The Morgan fingerprint density at radius 3 is 2.74 bits per heavy atom. The average molecular weight is 385 g/mol. The Hall–Kier alpha value is -1.32. The molecule has 0 saturated heterocycles. The second kappa shape index (κ2) is 5.76. The van der Waals surface area contributed by atoms with Gasteiger partial charge in [-0.1, -0.05) is 0 Å². The van der Waals surface area contributed by atoms with E-state index in [4.69, 9.17) is 4.74 Å². The summed E-state index contributed by atoms with van der Waals surface area (Å²) >= 11 is 6.95. The summed E-state index contributed by atoms with van der Waals surface area (Å²) in [6.07, 6.45) is 1.57. The molecule has 1 heterocycles. The molecule has 0 bridgehead atoms. The Balaban J connectivity index is 2.96. The van der Waals surface area contributed by atoms with Gasteiger partial charge in [-0.25, -0.2) is 0 Å². The van der Waals surface area contributed by atoms with Crippen LogP contribution in [0.3, 0.4) is 0 Å². The third-order valence-corrected chi connectivity index (χ3v) is 3.87. The fraction of sp³-hybridized carbons (Fsp3) is 0.231. The number of anilines is 1. The van der Waals surface area contributed by atoms with Crippen LogP contribution in [0, 0.1) is 11.3 Å². The molecule has 2 rings (SSSR count). The van der Waals surface area contributed by atoms with Crippen LogP contribution in [-0.4, -0.2) is 18.6 Å². The second-order valence-corrected chi connectivity index (χ2v) is 5.49. The van der Waals surface area contributed by atoms with E-state index < -0.39 is 0 Å². The Kier molecular flexibility index (Phi) is 4.27. The van der Waals surface area contributed by atoms with Crippen molar-refractivity contribution in [1.29, 1.82) is 5.26 Å². The van der Waals surface area contributed by atoms with Crippen LogP contribution >= 0.6 is 31.9 Å². The maximum atomic E-state index is 9.21. The summed E-state index contributed by atoms with van der Waals surface area (Å²) < 4.78 is 7.10. The van der Waals surface area contributed by atoms with E-state index in [0.29, 0.717) is 17.9 Å². The number of hydrogen-bond donors (Lipinski definition) is 1. The smallest absolute Gasteiger partial charge is 0.144 e. The van der Waals surface area contributed by atoms with Gasteiger partial charge in [0.25, 0.3) is 0 Å². The van der Waals surface area contributed by atoms with Gasteiger partial charge in [0.05, 0.1) is 33.7 Å². The van der Waals surface area contributed by atoms with Crippen molar-refractivity contribution in [2.24, 2.45) is 0 Å². The number of nitriles is 1. The molecule has 0 fully saturated rings. The number of benzene rings is 1. The van der Waals surface area contributed by atoms with Crippen LogP contribution in [0.5, 0.6) is 5.75 Å². The highest BCUT2D eigenvalue weighted by Gasteiger charge is 2.17. The van der Waals surface area contributed by atoms with Gasteiger partial charge >= 0.3 is 0 Å². The molecule has 0 unspecified atom stereocenters. The van der Waals surface area contributed by atoms with E-state index in [1.807, 2.05) is 13.0 Å². The van der Waals surface area contributed by atoms with E-state index in [2.05, 4.69) is 48.2 Å². The zero-order chi connectivity index (χ0) is 14.0. The lowest BCUT2D eigenvalue weighted by Crippen LogP contribution is -2.03. The molecule has 6 heteroatoms. The lowest BCUT2D eigenvalue weighted by Gasteiger charge is -2.15. The minimum Gasteiger partial charge on any atom is -0.495 e. The minimum absolute atomic E-state index is 0.498. The first kappa shape index (κ1) is 14.1. The number of hydrogen-bond acceptors (Lipinski definition) is 4. The largest absolute Gasteiger partial charge is 0.495 e. The van der Waals surface area contributed by atoms with Crippen LogP contribution in [0.15, 0.2) is 21.2 Å². The monoisotopic (exact) mass is 383 g/mol. The fourth-order valence-electron chi connectivity index (χ4n) is 1.92. The molecule has 2 aromatic rings. The molecule has 0 aliphatic carbocycles. The first-order valence-electron chi connectivity index (χ1n) is 5.62. The summed E-state index contributed by atoms with van der Waals surface area (Å²) in [6, 6.07) is 4.04. The van der Waals surface area contributed by atoms with E-state index in [0.717, 1.165) is 25.5 Å². The second-order valence-electron chi connectivity index (χ2n) is 3.79. The molecule has 0 spiro atoms. The van der Waals surface area contributed by atoms with Gasteiger partial charge in [-0.15, -0.1) is 0 Å². The summed E-state index contributed by atoms with van der Waals surface area (Å²) in [5, 5.41) is 13.2. The summed E-state index contributed by atoms with van der Waals surface area (Å²) in [7, 11) is 1.60. The molecule has 1 N–H and O–H groups in total. The van der Waals surface area contributed by atoms with Crippen molar-refractivity contribution in [3.8, 4) is 11.8 Å². The number of methoxy groups -OCH3 is 1. The zero-order valence-electron chi connectivity index (χ0n) is 10.4. The normalized spacial score (nSPS) is 10.3. The SMILES string of the molecule is CCNc1c(C#N)cnc2c(Br)cc(Br)c(OC)c12. The topological polar surface area (TPSA) is 57.9 Å². The first-order chi connectivity index (χ1) is 9.13. The molecular formula is C13H11Br2N3O. The van der Waals surface area contributed by atoms with E-state index in [1.54, 1.807) is 13.3 Å². The lowest BCUT2D eigenvalue weighted by molar-refractivity contribution is 0.417. The Morgan fingerprint density at radius 2 is 2.16 bits per heavy atom. The fourth-order valence-corrected chi connectivity index (χ4v) is 3.35. The van der Waals surface area contributed by atoms with Crippen molar-refractivity contribution < 1.29 is 4.74 Å². The molecule has 0 aliphatic heterocycles. The minimum atomic E-state index is 0.498. The van der Waals surface area contributed by atoms with Crippen LogP contribution in [0.25, 0.3) is 10.9 Å². The summed E-state index contributed by atoms with van der Waals surface area (Å²) in [5.41, 5.74) is 2.00. The highest BCUT2D eigenvalue weighted by molar-refractivity contribution is 9.11. The molecule has 4 nitrogen and oxygen atoms in total. The molecule has 0 radical (unpaired) electrons. The van der Waals surface area contributed by atoms with E-state index in [-0.39, 0.29) is 0 Å². The molecule has 0 amide bonds. The third-order valence-electron chi connectivity index (χ3n) is 2.68. The van der Waals surface area contributed by atoms with Gasteiger partial charge in [-0.3, -0.25) is 4.98 Å². The molecule has 0 aliphatic rings. The molecule has 1 aromatic carbocycles. The van der Waals surface area contributed by atoms with Crippen molar-refractivity contribution in [2.45, 2.75) is 6.92 Å². The van der Waals surface area contributed by atoms with Gasteiger partial charge in [0.2, 0.25) is 0 Å². The number of halogens is 2. The molecular weight excluding hydrogens is 374 g/mol. The van der Waals surface area contributed by atoms with Gasteiger partial charge in [0.1, 0.15) is 11.8 Å². The van der Waals surface area contributed by atoms with Crippen LogP contribution in [0.2, 0.25) is 0 Å². The predicted molar refractivity (Wildman–Crippen MR) is 82.6 cm³/mol. The highest BCUT2D eigenvalue weighted by atomic mass is 79.9. The number of rotatable bonds is 3. The van der Waals surface area contributed by atoms with Crippen molar-refractivity contribution >= 4 is 48.5 Å². The van der Waals surface area contributed by atoms with Crippen LogP contribution in [0.1, 0.15) is 12.5 Å². The van der Waals surface area contributed by atoms with Crippen LogP contribution < -0.4 is 10.1 Å². The summed E-state index contributed by atoms with van der Waals surface area (Å²) in [6.45, 7) is 2.69. The van der Waals surface area contributed by atoms with Gasteiger partial charge in [-0.2, -0.15) is 5.26 Å². The van der Waals surface area contributed by atoms with Crippen molar-refractivity contribution in [3.05, 3.63) is 26.8 Å². The Bertz CT molecular complexity index is 680. The molecule has 0 atom stereocenters. The van der Waals surface area contributed by atoms with Crippen molar-refractivity contribution in [3.63, 3.8) is 0 Å². The number of fused-ring (bicyclic) bond motifs is 1. The number of nitrogens with one attached hydrogen (secondary N) is 1. The van der Waals surface area contributed by atoms with Crippen LogP contribution in [0.4, 0.5) is 5.69 Å². The average Bonchev–Trinajstić information content (AvgIpc) is 2.40. The summed E-state index contributed by atoms with van der Waals surface area (Å²) in [5.74, 6) is 0.666. The Labute approximate surface area is 128 Å². The predicted octanol–water partition coefficient (Wildman–Crippen LogP) is 4.07. The highest BCUT2D eigenvalue weighted by Crippen LogP contribution is 2.42. The van der Waals surface area contributed by atoms with Gasteiger partial charge in [0, 0.05) is 17.2 Å². The van der Waals surface area contributed by atoms with Crippen molar-refractivity contribution in [1.82, 2.24) is 4.98 Å². The lowest BCUT2D eigenvalue weighted by atomic mass is 10.1. The molecule has 98 valence electrons. The zero-order valence-corrected chi connectivity index (χ0v) is 13.6. The third kappa shape index (κ3) is 2.40. The molecule has 19 heavy (non-hydrogen) atoms. The summed E-state index contributed by atoms with van der Waals surface area (Å²) in [4.78, 5) is 4.33. The molecule has 0 saturated carbocycles. The van der Waals surface area contributed by atoms with E-state index >= 15 is 0 Å². The standard InChI is InChI=1S/C13H11Br2N3O/c1-3-17-11-7(5-16)6-18-12-8(14)4-9(15)13(19-2)10(11)12/h4,6H,3H2,1-2H3,(H,17,18). The maximum absolute atomic E-state index is 9.21. The Morgan fingerprint density at radius 1 is 1.42 bits per heavy atom. The van der Waals surface area contributed by atoms with E-state index in [9.17, 15) is 5.26 Å². The number of aromatic nitrogens is 1. The van der Waals surface area contributed by atoms with Crippen LogP contribution in [-0.2, 0) is 0 Å². The van der Waals surface area contributed by atoms with Crippen molar-refractivity contribution in [2.75, 3.05) is 19.0 Å². The number of nitrogens with zero attached hydrogens (tertiary/aromatic N) is 2. The number of pyridine rings is 1. The van der Waals surface area contributed by atoms with Gasteiger partial charge < -0.3 is 10.1 Å². The van der Waals surface area contributed by atoms with Gasteiger partial charge in [-0.05, 0) is 44.8 Å². The number of ether oxygens (including phenoxy) is 1. The first-order valence-corrected chi connectivity index (χ1v) is 7.21. The molecule has 1 aromatic heterocycles. The van der Waals surface area contributed by atoms with Gasteiger partial charge in [0.15, 0.2) is 0 Å².